The molecule has 2 atom stereocenters. The summed E-state index contributed by atoms with van der Waals surface area (Å²) in [4.78, 5) is 13.7. The predicted octanol–water partition coefficient (Wildman–Crippen LogP) is 6.75. The molecule has 5 nitrogen and oxygen atoms in total. The maximum Gasteiger partial charge on any atom is 0.174 e. The molecule has 0 spiro atoms. The average Bonchev–Trinajstić information content (AvgIpc) is 3.01. The number of hydrogen-bond acceptors (Lipinski definition) is 5. The van der Waals surface area contributed by atoms with Gasteiger partial charge in [0.1, 0.15) is 0 Å². The Balaban J connectivity index is 1.63. The number of fused-ring (bicyclic) bond motifs is 1. The number of carbonyl (C=O) groups is 1. The van der Waals surface area contributed by atoms with Crippen LogP contribution in [0.2, 0.25) is 0 Å². The van der Waals surface area contributed by atoms with Gasteiger partial charge in [0.25, 0.3) is 0 Å². The molecule has 0 fully saturated rings. The highest BCUT2D eigenvalue weighted by Gasteiger charge is 2.36. The second-order valence-electron chi connectivity index (χ2n) is 8.82. The zero-order valence-corrected chi connectivity index (χ0v) is 21.0. The number of ether oxygens (including phenoxy) is 2. The number of anilines is 2. The average molecular weight is 519 g/mol. The minimum absolute atomic E-state index is 0.141. The third-order valence-corrected chi connectivity index (χ3v) is 7.24. The minimum Gasteiger partial charge on any atom is -0.493 e. The number of methoxy groups -OCH3 is 2. The molecule has 34 heavy (non-hydrogen) atoms. The SMILES string of the molecule is COc1cc([C@@H]2Nc3ccccc3NC3=C2C(=O)C[C@@H](c2ccc(C)cc2)C3)cc(Br)c1OC. The van der Waals surface area contributed by atoms with E-state index in [2.05, 4.69) is 57.8 Å². The van der Waals surface area contributed by atoms with Crippen molar-refractivity contribution in [1.29, 1.82) is 0 Å². The molecule has 2 N–H and O–H groups in total. The van der Waals surface area contributed by atoms with Crippen LogP contribution in [0.4, 0.5) is 11.4 Å². The molecular formula is C28H27BrN2O3. The number of halogens is 1. The Morgan fingerprint density at radius 3 is 2.35 bits per heavy atom. The van der Waals surface area contributed by atoms with Crippen molar-refractivity contribution < 1.29 is 14.3 Å². The molecule has 174 valence electrons. The molecule has 1 heterocycles. The fourth-order valence-electron chi connectivity index (χ4n) is 4.92. The van der Waals surface area contributed by atoms with E-state index in [1.54, 1.807) is 14.2 Å². The summed E-state index contributed by atoms with van der Waals surface area (Å²) in [7, 11) is 3.23. The zero-order chi connectivity index (χ0) is 23.8. The van der Waals surface area contributed by atoms with E-state index < -0.39 is 0 Å². The number of allylic oxidation sites excluding steroid dienone is 1. The van der Waals surface area contributed by atoms with Gasteiger partial charge in [0.05, 0.1) is 36.1 Å². The fourth-order valence-corrected chi connectivity index (χ4v) is 5.54. The number of carbonyl (C=O) groups excluding carboxylic acids is 1. The molecule has 0 radical (unpaired) electrons. The molecule has 3 aromatic rings. The second-order valence-corrected chi connectivity index (χ2v) is 9.67. The lowest BCUT2D eigenvalue weighted by atomic mass is 9.78. The first-order chi connectivity index (χ1) is 16.5. The van der Waals surface area contributed by atoms with E-state index in [9.17, 15) is 4.79 Å². The Bertz CT molecular complexity index is 1280. The largest absolute Gasteiger partial charge is 0.493 e. The van der Waals surface area contributed by atoms with Crippen LogP contribution in [-0.2, 0) is 4.79 Å². The molecule has 5 rings (SSSR count). The third kappa shape index (κ3) is 4.07. The van der Waals surface area contributed by atoms with Gasteiger partial charge >= 0.3 is 0 Å². The number of Topliss-reactive ketones (excluding diaryl/α,β-unsaturated/α-hetero) is 1. The molecule has 0 aromatic heterocycles. The van der Waals surface area contributed by atoms with Gasteiger partial charge in [0.15, 0.2) is 17.3 Å². The first-order valence-corrected chi connectivity index (χ1v) is 12.1. The smallest absolute Gasteiger partial charge is 0.174 e. The highest BCUT2D eigenvalue weighted by Crippen LogP contribution is 2.46. The van der Waals surface area contributed by atoms with Crippen LogP contribution in [0.1, 0.15) is 41.5 Å². The van der Waals surface area contributed by atoms with E-state index in [1.165, 1.54) is 11.1 Å². The summed E-state index contributed by atoms with van der Waals surface area (Å²) < 4.78 is 11.9. The van der Waals surface area contributed by atoms with Crippen LogP contribution in [0.15, 0.2) is 76.4 Å². The van der Waals surface area contributed by atoms with Crippen LogP contribution < -0.4 is 20.1 Å². The molecule has 0 unspecified atom stereocenters. The third-order valence-electron chi connectivity index (χ3n) is 6.65. The molecule has 1 aliphatic carbocycles. The second kappa shape index (κ2) is 9.18. The normalized spacial score (nSPS) is 19.4. The topological polar surface area (TPSA) is 59.6 Å². The first kappa shape index (κ1) is 22.5. The van der Waals surface area contributed by atoms with Crippen LogP contribution in [0.5, 0.6) is 11.5 Å². The Hall–Kier alpha value is -3.25. The van der Waals surface area contributed by atoms with E-state index in [1.807, 2.05) is 36.4 Å². The van der Waals surface area contributed by atoms with Gasteiger partial charge in [-0.05, 0) is 70.6 Å². The highest BCUT2D eigenvalue weighted by molar-refractivity contribution is 9.10. The summed E-state index contributed by atoms with van der Waals surface area (Å²) in [5, 5.41) is 7.22. The van der Waals surface area contributed by atoms with E-state index in [4.69, 9.17) is 9.47 Å². The van der Waals surface area contributed by atoms with Gasteiger partial charge < -0.3 is 20.1 Å². The maximum absolute atomic E-state index is 13.7. The molecule has 0 amide bonds. The Kier molecular flexibility index (Phi) is 6.09. The Morgan fingerprint density at radius 1 is 0.912 bits per heavy atom. The van der Waals surface area contributed by atoms with Gasteiger partial charge in [-0.2, -0.15) is 0 Å². The molecule has 0 bridgehead atoms. The zero-order valence-electron chi connectivity index (χ0n) is 19.4. The van der Waals surface area contributed by atoms with Crippen molar-refractivity contribution >= 4 is 33.1 Å². The van der Waals surface area contributed by atoms with E-state index in [-0.39, 0.29) is 17.7 Å². The van der Waals surface area contributed by atoms with Gasteiger partial charge in [-0.1, -0.05) is 42.0 Å². The summed E-state index contributed by atoms with van der Waals surface area (Å²) in [5.74, 6) is 1.53. The van der Waals surface area contributed by atoms with Crippen LogP contribution >= 0.6 is 15.9 Å². The molecule has 6 heteroatoms. The van der Waals surface area contributed by atoms with Gasteiger partial charge in [-0.15, -0.1) is 0 Å². The lowest BCUT2D eigenvalue weighted by molar-refractivity contribution is -0.116. The highest BCUT2D eigenvalue weighted by atomic mass is 79.9. The molecular weight excluding hydrogens is 492 g/mol. The number of nitrogens with one attached hydrogen (secondary N) is 2. The number of para-hydroxylation sites is 2. The van der Waals surface area contributed by atoms with Crippen molar-refractivity contribution in [2.45, 2.75) is 31.7 Å². The van der Waals surface area contributed by atoms with Crippen molar-refractivity contribution in [2.75, 3.05) is 24.9 Å². The van der Waals surface area contributed by atoms with Gasteiger partial charge in [0, 0.05) is 17.7 Å². The number of ketones is 1. The molecule has 0 saturated heterocycles. The lowest BCUT2D eigenvalue weighted by Gasteiger charge is -2.30. The van der Waals surface area contributed by atoms with E-state index in [0.29, 0.717) is 17.9 Å². The number of aryl methyl sites for hydroxylation is 1. The number of hydrogen-bond donors (Lipinski definition) is 2. The summed E-state index contributed by atoms with van der Waals surface area (Å²) >= 11 is 3.62. The molecule has 3 aromatic carbocycles. The van der Waals surface area contributed by atoms with Gasteiger partial charge in [-0.3, -0.25) is 4.79 Å². The number of rotatable bonds is 4. The van der Waals surface area contributed by atoms with Crippen LogP contribution in [0, 0.1) is 6.92 Å². The van der Waals surface area contributed by atoms with Crippen molar-refractivity contribution in [3.63, 3.8) is 0 Å². The summed E-state index contributed by atoms with van der Waals surface area (Å²) in [6.07, 6.45) is 1.25. The fraction of sp³-hybridized carbons (Fsp3) is 0.250. The number of benzene rings is 3. The Labute approximate surface area is 208 Å². The molecule has 2 aliphatic rings. The maximum atomic E-state index is 13.7. The summed E-state index contributed by atoms with van der Waals surface area (Å²) in [6, 6.07) is 20.2. The van der Waals surface area contributed by atoms with Gasteiger partial charge in [-0.25, -0.2) is 0 Å². The van der Waals surface area contributed by atoms with Crippen molar-refractivity contribution in [3.8, 4) is 11.5 Å². The summed E-state index contributed by atoms with van der Waals surface area (Å²) in [5.41, 5.74) is 7.01. The van der Waals surface area contributed by atoms with E-state index >= 15 is 0 Å². The first-order valence-electron chi connectivity index (χ1n) is 11.3. The molecule has 0 saturated carbocycles. The molecule has 1 aliphatic heterocycles. The van der Waals surface area contributed by atoms with Crippen LogP contribution in [0.25, 0.3) is 0 Å². The lowest BCUT2D eigenvalue weighted by Crippen LogP contribution is -2.27. The standard InChI is InChI=1S/C28H27BrN2O3/c1-16-8-10-17(11-9-16)18-13-23-26(24(32)14-18)27(31-22-7-5-4-6-21(22)30-23)19-12-20(29)28(34-3)25(15-19)33-2/h4-12,15,18,27,30-31H,13-14H2,1-3H3/t18-,27-/m0/s1. The Morgan fingerprint density at radius 2 is 1.65 bits per heavy atom. The van der Waals surface area contributed by atoms with Gasteiger partial charge in [0.2, 0.25) is 0 Å². The monoisotopic (exact) mass is 518 g/mol. The quantitative estimate of drug-likeness (QED) is 0.399. The van der Waals surface area contributed by atoms with Crippen molar-refractivity contribution in [2.24, 2.45) is 0 Å². The van der Waals surface area contributed by atoms with Crippen molar-refractivity contribution in [1.82, 2.24) is 0 Å². The predicted molar refractivity (Wildman–Crippen MR) is 139 cm³/mol. The van der Waals surface area contributed by atoms with Crippen molar-refractivity contribution in [3.05, 3.63) is 93.1 Å². The summed E-state index contributed by atoms with van der Waals surface area (Å²) in [6.45, 7) is 2.08. The van der Waals surface area contributed by atoms with E-state index in [0.717, 1.165) is 39.1 Å². The minimum atomic E-state index is -0.325. The van der Waals surface area contributed by atoms with Crippen LogP contribution in [0.3, 0.4) is 0 Å². The van der Waals surface area contributed by atoms with Crippen LogP contribution in [-0.4, -0.2) is 20.0 Å².